The monoisotopic (exact) mass is 759 g/mol. The summed E-state index contributed by atoms with van der Waals surface area (Å²) in [4.78, 5) is 34.3. The molecule has 2 rings (SSSR count). The number of anilines is 1. The van der Waals surface area contributed by atoms with Gasteiger partial charge in [0, 0.05) is 19.1 Å². The number of rotatable bonds is 29. The second-order valence-electron chi connectivity index (χ2n) is 12.4. The van der Waals surface area contributed by atoms with Crippen molar-refractivity contribution in [3.8, 4) is 0 Å². The average Bonchev–Trinajstić information content (AvgIpc) is 3.32. The third kappa shape index (κ3) is 18.4. The van der Waals surface area contributed by atoms with Gasteiger partial charge in [-0.25, -0.2) is 13.9 Å². The van der Waals surface area contributed by atoms with Crippen LogP contribution in [0.2, 0.25) is 0 Å². The molecule has 0 aromatic carbocycles. The van der Waals surface area contributed by atoms with E-state index in [2.05, 4.69) is 16.2 Å². The fourth-order valence-corrected chi connectivity index (χ4v) is 8.66. The molecule has 1 saturated heterocycles. The summed E-state index contributed by atoms with van der Waals surface area (Å²) in [6, 6.07) is 1.29. The Morgan fingerprint density at radius 2 is 1.47 bits per heavy atom. The highest BCUT2D eigenvalue weighted by molar-refractivity contribution is 7.99. The zero-order chi connectivity index (χ0) is 36.1. The SMILES string of the molecule is CCCCCCCCCCCCCCCCCCSCC(COP(=O)(OC[C@H]1O[C@@H](n2ccc(N)nc2=O)[C@H](O)[C@@H]1O)OP(=O)(O)O)OC. The molecule has 49 heavy (non-hydrogen) atoms. The van der Waals surface area contributed by atoms with Gasteiger partial charge in [-0.2, -0.15) is 21.1 Å². The molecule has 15 nitrogen and oxygen atoms in total. The summed E-state index contributed by atoms with van der Waals surface area (Å²) >= 11 is 1.62. The van der Waals surface area contributed by atoms with Crippen LogP contribution in [0.5, 0.6) is 0 Å². The first-order valence-electron chi connectivity index (χ1n) is 17.5. The number of thioether (sulfide) groups is 1. The highest BCUT2D eigenvalue weighted by Crippen LogP contribution is 2.61. The zero-order valence-corrected chi connectivity index (χ0v) is 31.6. The van der Waals surface area contributed by atoms with Crippen LogP contribution in [0.3, 0.4) is 0 Å². The fourth-order valence-electron chi connectivity index (χ4n) is 5.42. The van der Waals surface area contributed by atoms with Crippen LogP contribution in [-0.2, 0) is 32.0 Å². The van der Waals surface area contributed by atoms with Crippen molar-refractivity contribution in [3.05, 3.63) is 22.7 Å². The summed E-state index contributed by atoms with van der Waals surface area (Å²) in [5, 5.41) is 20.9. The molecule has 1 aliphatic rings. The van der Waals surface area contributed by atoms with Crippen LogP contribution in [0.1, 0.15) is 116 Å². The molecule has 0 amide bonds. The van der Waals surface area contributed by atoms with Crippen molar-refractivity contribution in [1.82, 2.24) is 9.55 Å². The topological polar surface area (TPSA) is 222 Å². The molecule has 2 heterocycles. The number of aliphatic hydroxyl groups is 2. The van der Waals surface area contributed by atoms with Crippen LogP contribution in [0.15, 0.2) is 17.1 Å². The maximum Gasteiger partial charge on any atom is 0.483 e. The number of aliphatic hydroxyl groups excluding tert-OH is 2. The normalized spacial score (nSPS) is 21.6. The molecule has 286 valence electrons. The number of hydrogen-bond donors (Lipinski definition) is 5. The van der Waals surface area contributed by atoms with Gasteiger partial charge in [-0.3, -0.25) is 13.6 Å². The van der Waals surface area contributed by atoms with E-state index in [9.17, 15) is 33.9 Å². The van der Waals surface area contributed by atoms with Gasteiger partial charge in [0.1, 0.15) is 24.1 Å². The molecule has 1 aromatic heterocycles. The van der Waals surface area contributed by atoms with Crippen LogP contribution in [0, 0.1) is 0 Å². The summed E-state index contributed by atoms with van der Waals surface area (Å²) in [5.74, 6) is 1.29. The number of nitrogens with zero attached hydrogens (tertiary/aromatic N) is 2. The lowest BCUT2D eigenvalue weighted by Crippen LogP contribution is -2.36. The lowest BCUT2D eigenvalue weighted by atomic mass is 10.0. The first kappa shape index (κ1) is 44.3. The van der Waals surface area contributed by atoms with E-state index in [1.54, 1.807) is 11.8 Å². The Kier molecular flexibility index (Phi) is 22.0. The zero-order valence-electron chi connectivity index (χ0n) is 29.0. The highest BCUT2D eigenvalue weighted by atomic mass is 32.2. The lowest BCUT2D eigenvalue weighted by molar-refractivity contribution is -0.0559. The van der Waals surface area contributed by atoms with Crippen molar-refractivity contribution in [3.63, 3.8) is 0 Å². The fraction of sp³-hybridized carbons (Fsp3) is 0.871. The number of unbranched alkanes of at least 4 members (excludes halogenated alkanes) is 15. The van der Waals surface area contributed by atoms with Gasteiger partial charge in [0.15, 0.2) is 6.23 Å². The Labute approximate surface area is 294 Å². The molecule has 0 radical (unpaired) electrons. The molecular weight excluding hydrogens is 700 g/mol. The number of methoxy groups -OCH3 is 1. The maximum absolute atomic E-state index is 13.2. The molecule has 1 aromatic rings. The minimum Gasteiger partial charge on any atom is -0.387 e. The first-order valence-corrected chi connectivity index (χ1v) is 21.7. The predicted molar refractivity (Wildman–Crippen MR) is 189 cm³/mol. The van der Waals surface area contributed by atoms with Crippen molar-refractivity contribution >= 4 is 33.2 Å². The van der Waals surface area contributed by atoms with E-state index in [0.717, 1.165) is 23.2 Å². The number of hydrogen-bond acceptors (Lipinski definition) is 13. The molecule has 6 N–H and O–H groups in total. The average molecular weight is 760 g/mol. The van der Waals surface area contributed by atoms with Gasteiger partial charge in [0.2, 0.25) is 0 Å². The minimum atomic E-state index is -5.35. The van der Waals surface area contributed by atoms with E-state index in [0.29, 0.717) is 5.75 Å². The summed E-state index contributed by atoms with van der Waals surface area (Å²) in [7, 11) is -8.84. The van der Waals surface area contributed by atoms with Gasteiger partial charge < -0.3 is 35.2 Å². The standard InChI is InChI=1S/C31H59N3O12P2S/c1-3-4-5-6-7-8-9-10-11-12-13-14-15-16-17-18-21-49-24-25(42-2)22-43-48(41,46-47(38,39)40)44-23-26-28(35)29(36)30(45-26)34-20-19-27(32)33-31(34)37/h19-20,25-26,28-30,35-36H,3-18,21-24H2,1-2H3,(H2,32,33,37)(H2,38,39,40)/t25?,26-,28-,29-,30-,48?/m1/s1. The number of nitrogen functional groups attached to an aromatic ring is 1. The Hall–Kier alpha value is -0.870. The molecule has 2 unspecified atom stereocenters. The van der Waals surface area contributed by atoms with Gasteiger partial charge >= 0.3 is 21.3 Å². The molecule has 0 spiro atoms. The molecule has 18 heteroatoms. The number of nitrogens with two attached hydrogens (primary N) is 1. The second-order valence-corrected chi connectivity index (χ2v) is 16.6. The minimum absolute atomic E-state index is 0.0603. The van der Waals surface area contributed by atoms with Crippen molar-refractivity contribution in [1.29, 1.82) is 0 Å². The van der Waals surface area contributed by atoms with Crippen molar-refractivity contribution < 1.29 is 52.0 Å². The van der Waals surface area contributed by atoms with E-state index in [-0.39, 0.29) is 12.4 Å². The van der Waals surface area contributed by atoms with Gasteiger partial charge in [0.05, 0.1) is 19.3 Å². The van der Waals surface area contributed by atoms with Gasteiger partial charge in [0.25, 0.3) is 0 Å². The molecule has 0 saturated carbocycles. The Balaban J connectivity index is 1.64. The van der Waals surface area contributed by atoms with Crippen LogP contribution in [0.25, 0.3) is 0 Å². The van der Waals surface area contributed by atoms with Gasteiger partial charge in [-0.15, -0.1) is 0 Å². The van der Waals surface area contributed by atoms with Crippen LogP contribution in [0.4, 0.5) is 5.82 Å². The summed E-state index contributed by atoms with van der Waals surface area (Å²) in [6.07, 6.45) is 15.4. The maximum atomic E-state index is 13.2. The Morgan fingerprint density at radius 3 is 1.98 bits per heavy atom. The first-order chi connectivity index (χ1) is 23.4. The van der Waals surface area contributed by atoms with E-state index >= 15 is 0 Å². The van der Waals surface area contributed by atoms with E-state index in [1.807, 2.05) is 0 Å². The Morgan fingerprint density at radius 1 is 0.918 bits per heavy atom. The number of ether oxygens (including phenoxy) is 2. The molecule has 1 fully saturated rings. The molecule has 6 atom stereocenters. The van der Waals surface area contributed by atoms with E-state index in [1.165, 1.54) is 109 Å². The van der Waals surface area contributed by atoms with Crippen LogP contribution < -0.4 is 11.4 Å². The predicted octanol–water partition coefficient (Wildman–Crippen LogP) is 5.71. The van der Waals surface area contributed by atoms with Crippen LogP contribution in [-0.4, -0.2) is 85.8 Å². The summed E-state index contributed by atoms with van der Waals surface area (Å²) in [6.45, 7) is 1.11. The number of phosphoric acid groups is 2. The third-order valence-corrected chi connectivity index (χ3v) is 12.0. The van der Waals surface area contributed by atoms with Gasteiger partial charge in [-0.05, 0) is 18.2 Å². The smallest absolute Gasteiger partial charge is 0.387 e. The second kappa shape index (κ2) is 24.4. The van der Waals surface area contributed by atoms with Crippen molar-refractivity contribution in [2.24, 2.45) is 0 Å². The molecule has 0 bridgehead atoms. The molecular formula is C31H59N3O12P2S. The summed E-state index contributed by atoms with van der Waals surface area (Å²) in [5.41, 5.74) is 4.63. The van der Waals surface area contributed by atoms with E-state index < -0.39 is 58.6 Å². The summed E-state index contributed by atoms with van der Waals surface area (Å²) < 4.78 is 51.2. The van der Waals surface area contributed by atoms with E-state index in [4.69, 9.17) is 24.3 Å². The van der Waals surface area contributed by atoms with Crippen LogP contribution >= 0.6 is 27.4 Å². The van der Waals surface area contributed by atoms with Crippen molar-refractivity contribution in [2.75, 3.05) is 37.6 Å². The quantitative estimate of drug-likeness (QED) is 0.0488. The molecule has 1 aliphatic heterocycles. The number of aromatic nitrogens is 2. The highest BCUT2D eigenvalue weighted by Gasteiger charge is 2.46. The third-order valence-electron chi connectivity index (χ3n) is 8.26. The molecule has 0 aliphatic carbocycles. The number of phosphoric ester groups is 1. The Bertz CT molecular complexity index is 1190. The largest absolute Gasteiger partial charge is 0.483 e. The lowest BCUT2D eigenvalue weighted by Gasteiger charge is -2.23. The van der Waals surface area contributed by atoms with Gasteiger partial charge in [-0.1, -0.05) is 103 Å². The van der Waals surface area contributed by atoms with Crippen molar-refractivity contribution in [2.45, 2.75) is 140 Å².